The van der Waals surface area contributed by atoms with Crippen LogP contribution in [-0.2, 0) is 45.0 Å². The Hall–Kier alpha value is -3.35. The van der Waals surface area contributed by atoms with Crippen molar-refractivity contribution in [2.75, 3.05) is 14.2 Å². The van der Waals surface area contributed by atoms with Crippen molar-refractivity contribution in [1.82, 2.24) is 0 Å². The Balaban J connectivity index is 0.000000323. The van der Waals surface area contributed by atoms with Gasteiger partial charge < -0.3 is 15.2 Å². The number of ether oxygens (including phenoxy) is 2. The molecule has 0 bridgehead atoms. The second-order valence-electron chi connectivity index (χ2n) is 7.27. The smallest absolute Gasteiger partial charge is 0.305 e. The van der Waals surface area contributed by atoms with E-state index in [2.05, 4.69) is 25.6 Å². The van der Waals surface area contributed by atoms with Gasteiger partial charge in [-0.25, -0.2) is 0 Å². The summed E-state index contributed by atoms with van der Waals surface area (Å²) in [5.41, 5.74) is 20.4. The zero-order valence-electron chi connectivity index (χ0n) is 19.3. The van der Waals surface area contributed by atoms with E-state index < -0.39 is 0 Å². The van der Waals surface area contributed by atoms with E-state index in [1.165, 1.54) is 25.3 Å². The van der Waals surface area contributed by atoms with Crippen molar-refractivity contribution in [3.8, 4) is 0 Å². The maximum atomic E-state index is 11.0. The molecule has 0 fully saturated rings. The van der Waals surface area contributed by atoms with Crippen LogP contribution in [0.3, 0.4) is 0 Å². The van der Waals surface area contributed by atoms with Crippen LogP contribution in [0, 0.1) is 13.8 Å². The number of hydrogen-bond acceptors (Lipinski definition) is 6. The molecule has 0 atom stereocenters. The van der Waals surface area contributed by atoms with Gasteiger partial charge in [0.2, 0.25) is 0 Å². The van der Waals surface area contributed by atoms with Crippen LogP contribution >= 0.6 is 0 Å². The van der Waals surface area contributed by atoms with Crippen LogP contribution in [0.2, 0.25) is 0 Å². The fourth-order valence-corrected chi connectivity index (χ4v) is 3.09. The standard InChI is InChI=1S/C12H15N3O2.C12H17NO2/c1-9-7-10(8-14-15-13)3-4-11(9)5-6-12(16)17-2;1-9-7-10(8-13)3-4-11(9)5-6-12(14)15-2/h3-4,7H,5-6,8H2,1-2H3;3-4,7H,5-6,8,13H2,1-2H3. The molecule has 0 radical (unpaired) electrons. The first-order chi connectivity index (χ1) is 15.3. The lowest BCUT2D eigenvalue weighted by atomic mass is 10.0. The van der Waals surface area contributed by atoms with Gasteiger partial charge in [0, 0.05) is 24.3 Å². The molecule has 0 saturated carbocycles. The summed E-state index contributed by atoms with van der Waals surface area (Å²) in [5, 5.41) is 3.51. The number of carbonyl (C=O) groups is 2. The minimum absolute atomic E-state index is 0.169. The molecule has 2 N–H and O–H groups in total. The van der Waals surface area contributed by atoms with E-state index in [1.54, 1.807) is 0 Å². The van der Waals surface area contributed by atoms with Crippen molar-refractivity contribution in [3.63, 3.8) is 0 Å². The van der Waals surface area contributed by atoms with Gasteiger partial charge in [-0.15, -0.1) is 0 Å². The molecular formula is C24H32N4O4. The predicted octanol–water partition coefficient (Wildman–Crippen LogP) is 4.47. The van der Waals surface area contributed by atoms with Gasteiger partial charge in [0.05, 0.1) is 20.8 Å². The Kier molecular flexibility index (Phi) is 12.2. The predicted molar refractivity (Wildman–Crippen MR) is 124 cm³/mol. The molecule has 2 aromatic carbocycles. The van der Waals surface area contributed by atoms with E-state index in [1.807, 2.05) is 44.2 Å². The quantitative estimate of drug-likeness (QED) is 0.266. The first-order valence-electron chi connectivity index (χ1n) is 10.4. The highest BCUT2D eigenvalue weighted by molar-refractivity contribution is 5.70. The van der Waals surface area contributed by atoms with E-state index in [9.17, 15) is 9.59 Å². The Morgan fingerprint density at radius 1 is 0.906 bits per heavy atom. The van der Waals surface area contributed by atoms with Crippen molar-refractivity contribution >= 4 is 11.9 Å². The average molecular weight is 441 g/mol. The minimum Gasteiger partial charge on any atom is -0.469 e. The van der Waals surface area contributed by atoms with E-state index in [4.69, 9.17) is 11.3 Å². The van der Waals surface area contributed by atoms with Crippen LogP contribution in [-0.4, -0.2) is 26.2 Å². The molecule has 0 heterocycles. The molecule has 0 aromatic heterocycles. The Morgan fingerprint density at radius 2 is 1.38 bits per heavy atom. The number of rotatable bonds is 9. The second kappa shape index (κ2) is 14.6. The summed E-state index contributed by atoms with van der Waals surface area (Å²) in [6.07, 6.45) is 2.20. The molecule has 0 spiro atoms. The first-order valence-corrected chi connectivity index (χ1v) is 10.4. The highest BCUT2D eigenvalue weighted by Gasteiger charge is 2.05. The highest BCUT2D eigenvalue weighted by Crippen LogP contribution is 2.15. The van der Waals surface area contributed by atoms with Crippen LogP contribution in [0.1, 0.15) is 46.2 Å². The second-order valence-corrected chi connectivity index (χ2v) is 7.27. The van der Waals surface area contributed by atoms with Crippen molar-refractivity contribution in [2.24, 2.45) is 10.8 Å². The number of nitrogens with zero attached hydrogens (tertiary/aromatic N) is 3. The molecule has 8 nitrogen and oxygen atoms in total. The maximum absolute atomic E-state index is 11.0. The number of hydrogen-bond donors (Lipinski definition) is 1. The summed E-state index contributed by atoms with van der Waals surface area (Å²) in [6.45, 7) is 4.92. The lowest BCUT2D eigenvalue weighted by Gasteiger charge is -2.06. The fraction of sp³-hybridized carbons (Fsp3) is 0.417. The van der Waals surface area contributed by atoms with E-state index >= 15 is 0 Å². The van der Waals surface area contributed by atoms with Gasteiger partial charge in [0.25, 0.3) is 0 Å². The number of nitrogens with two attached hydrogens (primary N) is 1. The minimum atomic E-state index is -0.206. The summed E-state index contributed by atoms with van der Waals surface area (Å²) in [6, 6.07) is 11.9. The zero-order valence-corrected chi connectivity index (χ0v) is 19.3. The molecule has 0 aliphatic carbocycles. The zero-order chi connectivity index (χ0) is 23.9. The van der Waals surface area contributed by atoms with Crippen LogP contribution in [0.15, 0.2) is 41.5 Å². The number of methoxy groups -OCH3 is 2. The third kappa shape index (κ3) is 9.64. The molecule has 0 amide bonds. The SMILES string of the molecule is COC(=O)CCc1ccc(CN)cc1C.COC(=O)CCc1ccc(CN=[N+]=[N-])cc1C. The molecular weight excluding hydrogens is 408 g/mol. The summed E-state index contributed by atoms with van der Waals surface area (Å²) in [7, 11) is 2.80. The third-order valence-corrected chi connectivity index (χ3v) is 5.02. The normalized spacial score (nSPS) is 9.78. The molecule has 0 aliphatic heterocycles. The number of carbonyl (C=O) groups excluding carboxylic acids is 2. The summed E-state index contributed by atoms with van der Waals surface area (Å²) < 4.78 is 9.19. The molecule has 0 unspecified atom stereocenters. The topological polar surface area (TPSA) is 127 Å². The molecule has 2 rings (SSSR count). The highest BCUT2D eigenvalue weighted by atomic mass is 16.5. The first kappa shape index (κ1) is 26.7. The van der Waals surface area contributed by atoms with Gasteiger partial charge >= 0.3 is 11.9 Å². The number of esters is 2. The Morgan fingerprint density at radius 3 is 1.78 bits per heavy atom. The van der Waals surface area contributed by atoms with Crippen LogP contribution in [0.25, 0.3) is 10.4 Å². The van der Waals surface area contributed by atoms with E-state index in [0.29, 0.717) is 32.4 Å². The number of azide groups is 1. The van der Waals surface area contributed by atoms with Crippen molar-refractivity contribution in [1.29, 1.82) is 0 Å². The summed E-state index contributed by atoms with van der Waals surface area (Å²) in [4.78, 5) is 24.7. The Labute approximate surface area is 189 Å². The van der Waals surface area contributed by atoms with Gasteiger partial charge in [-0.05, 0) is 65.6 Å². The van der Waals surface area contributed by atoms with Crippen molar-refractivity contribution in [2.45, 2.75) is 52.6 Å². The molecule has 0 aliphatic rings. The molecule has 32 heavy (non-hydrogen) atoms. The van der Waals surface area contributed by atoms with Gasteiger partial charge in [-0.3, -0.25) is 9.59 Å². The van der Waals surface area contributed by atoms with E-state index in [-0.39, 0.29) is 11.9 Å². The number of benzene rings is 2. The van der Waals surface area contributed by atoms with Gasteiger partial charge in [0.15, 0.2) is 0 Å². The number of aryl methyl sites for hydroxylation is 4. The molecule has 8 heteroatoms. The van der Waals surface area contributed by atoms with Crippen LogP contribution in [0.5, 0.6) is 0 Å². The Bertz CT molecular complexity index is 953. The van der Waals surface area contributed by atoms with Crippen LogP contribution in [0.4, 0.5) is 0 Å². The lowest BCUT2D eigenvalue weighted by molar-refractivity contribution is -0.141. The van der Waals surface area contributed by atoms with Gasteiger partial charge in [-0.2, -0.15) is 0 Å². The fourth-order valence-electron chi connectivity index (χ4n) is 3.09. The van der Waals surface area contributed by atoms with E-state index in [0.717, 1.165) is 28.7 Å². The maximum Gasteiger partial charge on any atom is 0.305 e. The average Bonchev–Trinajstić information content (AvgIpc) is 2.81. The van der Waals surface area contributed by atoms with Crippen molar-refractivity contribution < 1.29 is 19.1 Å². The molecule has 172 valence electrons. The lowest BCUT2D eigenvalue weighted by Crippen LogP contribution is -2.03. The van der Waals surface area contributed by atoms with Crippen LogP contribution < -0.4 is 5.73 Å². The summed E-state index contributed by atoms with van der Waals surface area (Å²) >= 11 is 0. The molecule has 2 aromatic rings. The molecule has 0 saturated heterocycles. The van der Waals surface area contributed by atoms with Crippen molar-refractivity contribution in [3.05, 3.63) is 80.2 Å². The monoisotopic (exact) mass is 440 g/mol. The van der Waals surface area contributed by atoms with Gasteiger partial charge in [-0.1, -0.05) is 41.5 Å². The van der Waals surface area contributed by atoms with Gasteiger partial charge in [0.1, 0.15) is 0 Å². The third-order valence-electron chi connectivity index (χ3n) is 5.02. The summed E-state index contributed by atoms with van der Waals surface area (Å²) in [5.74, 6) is -0.375. The largest absolute Gasteiger partial charge is 0.469 e.